The minimum Gasteiger partial charge on any atom is -0.352 e. The SMILES string of the molecule is CC1CCNCC1NC(=O)CCn1cnc2ccccc21.Cl.Cl. The third-order valence-electron chi connectivity index (χ3n) is 4.28. The van der Waals surface area contributed by atoms with Gasteiger partial charge in [-0.1, -0.05) is 19.1 Å². The molecule has 5 nitrogen and oxygen atoms in total. The molecule has 7 heteroatoms. The number of carbonyl (C=O) groups is 1. The van der Waals surface area contributed by atoms with Crippen molar-refractivity contribution in [2.75, 3.05) is 13.1 Å². The first-order valence-corrected chi connectivity index (χ1v) is 7.64. The van der Waals surface area contributed by atoms with Crippen molar-refractivity contribution < 1.29 is 4.79 Å². The van der Waals surface area contributed by atoms with Gasteiger partial charge in [-0.25, -0.2) is 4.98 Å². The molecule has 2 unspecified atom stereocenters. The van der Waals surface area contributed by atoms with E-state index in [9.17, 15) is 4.79 Å². The Morgan fingerprint density at radius 1 is 1.39 bits per heavy atom. The number of nitrogens with one attached hydrogen (secondary N) is 2. The van der Waals surface area contributed by atoms with E-state index in [1.165, 1.54) is 0 Å². The number of hydrogen-bond donors (Lipinski definition) is 2. The van der Waals surface area contributed by atoms with Crippen LogP contribution in [0.4, 0.5) is 0 Å². The number of piperidine rings is 1. The van der Waals surface area contributed by atoms with Crippen LogP contribution in [0.5, 0.6) is 0 Å². The van der Waals surface area contributed by atoms with Crippen LogP contribution < -0.4 is 10.6 Å². The molecule has 2 N–H and O–H groups in total. The number of carbonyl (C=O) groups excluding carboxylic acids is 1. The van der Waals surface area contributed by atoms with Crippen molar-refractivity contribution >= 4 is 41.8 Å². The fourth-order valence-corrected chi connectivity index (χ4v) is 2.87. The van der Waals surface area contributed by atoms with Crippen LogP contribution in [-0.4, -0.2) is 34.6 Å². The standard InChI is InChI=1S/C16H22N4O.2ClH/c1-12-6-8-17-10-14(12)19-16(21)7-9-20-11-18-13-4-2-3-5-15(13)20;;/h2-5,11-12,14,17H,6-10H2,1H3,(H,19,21);2*1H. The zero-order valence-electron chi connectivity index (χ0n) is 13.2. The normalized spacial score (nSPS) is 20.4. The van der Waals surface area contributed by atoms with E-state index in [2.05, 4.69) is 22.5 Å². The Kier molecular flexibility index (Phi) is 7.82. The van der Waals surface area contributed by atoms with Gasteiger partial charge >= 0.3 is 0 Å². The Bertz CT molecular complexity index is 631. The van der Waals surface area contributed by atoms with Crippen molar-refractivity contribution in [3.05, 3.63) is 30.6 Å². The third kappa shape index (κ3) is 4.83. The minimum atomic E-state index is 0. The molecule has 2 heterocycles. The van der Waals surface area contributed by atoms with Crippen LogP contribution in [0.2, 0.25) is 0 Å². The average Bonchev–Trinajstić information content (AvgIpc) is 2.91. The van der Waals surface area contributed by atoms with Crippen molar-refractivity contribution in [1.29, 1.82) is 0 Å². The first kappa shape index (κ1) is 19.7. The maximum Gasteiger partial charge on any atom is 0.222 e. The van der Waals surface area contributed by atoms with Gasteiger partial charge in [0.2, 0.25) is 5.91 Å². The predicted octanol–water partition coefficient (Wildman–Crippen LogP) is 2.38. The van der Waals surface area contributed by atoms with E-state index in [0.717, 1.165) is 30.5 Å². The predicted molar refractivity (Wildman–Crippen MR) is 97.4 cm³/mol. The molecule has 0 bridgehead atoms. The quantitative estimate of drug-likeness (QED) is 0.881. The summed E-state index contributed by atoms with van der Waals surface area (Å²) in [6.07, 6.45) is 3.42. The maximum atomic E-state index is 12.1. The highest BCUT2D eigenvalue weighted by Gasteiger charge is 2.22. The van der Waals surface area contributed by atoms with E-state index in [4.69, 9.17) is 0 Å². The van der Waals surface area contributed by atoms with Gasteiger partial charge in [-0.15, -0.1) is 24.8 Å². The summed E-state index contributed by atoms with van der Waals surface area (Å²) in [7, 11) is 0. The second kappa shape index (κ2) is 9.11. The summed E-state index contributed by atoms with van der Waals surface area (Å²) >= 11 is 0. The molecule has 1 amide bonds. The first-order valence-electron chi connectivity index (χ1n) is 7.64. The van der Waals surface area contributed by atoms with E-state index in [1.807, 2.05) is 35.2 Å². The summed E-state index contributed by atoms with van der Waals surface area (Å²) in [6.45, 7) is 4.80. The second-order valence-corrected chi connectivity index (χ2v) is 5.82. The fraction of sp³-hybridized carbons (Fsp3) is 0.500. The number of hydrogen-bond acceptors (Lipinski definition) is 3. The molecular weight excluding hydrogens is 335 g/mol. The van der Waals surface area contributed by atoms with Gasteiger partial charge in [0.25, 0.3) is 0 Å². The van der Waals surface area contributed by atoms with E-state index in [0.29, 0.717) is 18.9 Å². The zero-order valence-corrected chi connectivity index (χ0v) is 14.8. The van der Waals surface area contributed by atoms with Gasteiger partial charge in [-0.3, -0.25) is 4.79 Å². The summed E-state index contributed by atoms with van der Waals surface area (Å²) in [5.74, 6) is 0.664. The summed E-state index contributed by atoms with van der Waals surface area (Å²) in [4.78, 5) is 16.5. The molecule has 0 saturated carbocycles. The molecule has 0 spiro atoms. The number of nitrogens with zero attached hydrogens (tertiary/aromatic N) is 2. The van der Waals surface area contributed by atoms with Gasteiger partial charge in [0.15, 0.2) is 0 Å². The molecular formula is C16H24Cl2N4O. The van der Waals surface area contributed by atoms with Crippen LogP contribution in [0.3, 0.4) is 0 Å². The summed E-state index contributed by atoms with van der Waals surface area (Å²) < 4.78 is 2.04. The van der Waals surface area contributed by atoms with E-state index in [-0.39, 0.29) is 36.8 Å². The Hall–Kier alpha value is -1.30. The molecule has 3 rings (SSSR count). The number of para-hydroxylation sites is 2. The largest absolute Gasteiger partial charge is 0.352 e. The number of imidazole rings is 1. The Morgan fingerprint density at radius 3 is 2.96 bits per heavy atom. The zero-order chi connectivity index (χ0) is 14.7. The second-order valence-electron chi connectivity index (χ2n) is 5.82. The van der Waals surface area contributed by atoms with Crippen LogP contribution in [0.1, 0.15) is 19.8 Å². The number of fused-ring (bicyclic) bond motifs is 1. The third-order valence-corrected chi connectivity index (χ3v) is 4.28. The smallest absolute Gasteiger partial charge is 0.222 e. The molecule has 1 fully saturated rings. The van der Waals surface area contributed by atoms with Crippen molar-refractivity contribution in [3.8, 4) is 0 Å². The van der Waals surface area contributed by atoms with Gasteiger partial charge in [-0.05, 0) is 31.0 Å². The lowest BCUT2D eigenvalue weighted by Crippen LogP contribution is -2.50. The van der Waals surface area contributed by atoms with Gasteiger partial charge < -0.3 is 15.2 Å². The van der Waals surface area contributed by atoms with Crippen LogP contribution in [0.15, 0.2) is 30.6 Å². The molecule has 0 aliphatic carbocycles. The molecule has 23 heavy (non-hydrogen) atoms. The lowest BCUT2D eigenvalue weighted by atomic mass is 9.95. The van der Waals surface area contributed by atoms with Crippen molar-refractivity contribution in [3.63, 3.8) is 0 Å². The van der Waals surface area contributed by atoms with Gasteiger partial charge in [-0.2, -0.15) is 0 Å². The summed E-state index contributed by atoms with van der Waals surface area (Å²) in [5, 5.41) is 6.48. The van der Waals surface area contributed by atoms with E-state index in [1.54, 1.807) is 0 Å². The molecule has 1 aromatic heterocycles. The lowest BCUT2D eigenvalue weighted by molar-refractivity contribution is -0.122. The van der Waals surface area contributed by atoms with Crippen LogP contribution in [-0.2, 0) is 11.3 Å². The lowest BCUT2D eigenvalue weighted by Gasteiger charge is -2.30. The van der Waals surface area contributed by atoms with Gasteiger partial charge in [0.1, 0.15) is 0 Å². The molecule has 2 atom stereocenters. The molecule has 1 aromatic carbocycles. The van der Waals surface area contributed by atoms with Gasteiger partial charge in [0, 0.05) is 25.6 Å². The number of aromatic nitrogens is 2. The fourth-order valence-electron chi connectivity index (χ4n) is 2.87. The molecule has 1 saturated heterocycles. The van der Waals surface area contributed by atoms with E-state index < -0.39 is 0 Å². The first-order chi connectivity index (χ1) is 10.2. The highest BCUT2D eigenvalue weighted by Crippen LogP contribution is 2.13. The Balaban J connectivity index is 0.00000132. The summed E-state index contributed by atoms with van der Waals surface area (Å²) in [6, 6.07) is 8.25. The minimum absolute atomic E-state index is 0. The molecule has 1 aliphatic heterocycles. The highest BCUT2D eigenvalue weighted by atomic mass is 35.5. The Labute approximate surface area is 149 Å². The monoisotopic (exact) mass is 358 g/mol. The number of rotatable bonds is 4. The molecule has 1 aliphatic rings. The van der Waals surface area contributed by atoms with Crippen molar-refractivity contribution in [1.82, 2.24) is 20.2 Å². The number of aryl methyl sites for hydroxylation is 1. The topological polar surface area (TPSA) is 58.9 Å². The van der Waals surface area contributed by atoms with Crippen LogP contribution >= 0.6 is 24.8 Å². The summed E-state index contributed by atoms with van der Waals surface area (Å²) in [5.41, 5.74) is 2.06. The Morgan fingerprint density at radius 2 is 2.17 bits per heavy atom. The number of benzene rings is 1. The van der Waals surface area contributed by atoms with E-state index >= 15 is 0 Å². The average molecular weight is 359 g/mol. The van der Waals surface area contributed by atoms with Crippen LogP contribution in [0.25, 0.3) is 11.0 Å². The highest BCUT2D eigenvalue weighted by molar-refractivity contribution is 5.85. The van der Waals surface area contributed by atoms with Crippen molar-refractivity contribution in [2.24, 2.45) is 5.92 Å². The molecule has 128 valence electrons. The van der Waals surface area contributed by atoms with Gasteiger partial charge in [0.05, 0.1) is 17.4 Å². The maximum absolute atomic E-state index is 12.1. The number of halogens is 2. The molecule has 0 radical (unpaired) electrons. The molecule has 2 aromatic rings. The van der Waals surface area contributed by atoms with Crippen molar-refractivity contribution in [2.45, 2.75) is 32.4 Å². The number of amides is 1. The van der Waals surface area contributed by atoms with Crippen LogP contribution in [0, 0.1) is 5.92 Å².